The number of hydrogen-bond acceptors (Lipinski definition) is 6. The Labute approximate surface area is 117 Å². The standard InChI is InChI=1S/C13H19N3O4/c1-20-13(19)12-15-9-7-10(16-12)14-8-5-3-2-4-6-11(17)18/h7,9H,2-6,8H2,1H3,(H,17,18)(H,14,15,16). The Balaban J connectivity index is 2.22. The molecule has 1 aromatic heterocycles. The summed E-state index contributed by atoms with van der Waals surface area (Å²) in [7, 11) is 1.28. The molecule has 1 rings (SSSR count). The van der Waals surface area contributed by atoms with Gasteiger partial charge in [-0.1, -0.05) is 12.8 Å². The van der Waals surface area contributed by atoms with Gasteiger partial charge in [-0.25, -0.2) is 14.8 Å². The number of aliphatic carboxylic acids is 1. The smallest absolute Gasteiger partial charge is 0.376 e. The van der Waals surface area contributed by atoms with E-state index in [1.54, 1.807) is 6.07 Å². The first-order valence-corrected chi connectivity index (χ1v) is 6.50. The van der Waals surface area contributed by atoms with E-state index >= 15 is 0 Å². The van der Waals surface area contributed by atoms with Crippen molar-refractivity contribution in [1.29, 1.82) is 0 Å². The van der Waals surface area contributed by atoms with Gasteiger partial charge in [0.1, 0.15) is 5.82 Å². The molecular formula is C13H19N3O4. The van der Waals surface area contributed by atoms with Crippen LogP contribution in [0.3, 0.4) is 0 Å². The van der Waals surface area contributed by atoms with Crippen LogP contribution in [-0.4, -0.2) is 40.7 Å². The van der Waals surface area contributed by atoms with Gasteiger partial charge in [-0.3, -0.25) is 4.79 Å². The van der Waals surface area contributed by atoms with Crippen LogP contribution in [0.5, 0.6) is 0 Å². The summed E-state index contributed by atoms with van der Waals surface area (Å²) in [5.41, 5.74) is 0. The first kappa shape index (κ1) is 15.9. The van der Waals surface area contributed by atoms with Crippen molar-refractivity contribution in [2.75, 3.05) is 19.0 Å². The molecule has 0 atom stereocenters. The number of carboxylic acids is 1. The van der Waals surface area contributed by atoms with Gasteiger partial charge in [0.2, 0.25) is 5.82 Å². The van der Waals surface area contributed by atoms with E-state index < -0.39 is 11.9 Å². The molecule has 0 amide bonds. The Morgan fingerprint density at radius 2 is 2.05 bits per heavy atom. The van der Waals surface area contributed by atoms with Crippen molar-refractivity contribution in [3.63, 3.8) is 0 Å². The van der Waals surface area contributed by atoms with E-state index in [4.69, 9.17) is 5.11 Å². The van der Waals surface area contributed by atoms with E-state index in [1.165, 1.54) is 13.3 Å². The highest BCUT2D eigenvalue weighted by Crippen LogP contribution is 2.06. The zero-order valence-electron chi connectivity index (χ0n) is 11.5. The van der Waals surface area contributed by atoms with E-state index in [9.17, 15) is 9.59 Å². The number of rotatable bonds is 9. The largest absolute Gasteiger partial charge is 0.481 e. The van der Waals surface area contributed by atoms with E-state index in [0.29, 0.717) is 18.8 Å². The lowest BCUT2D eigenvalue weighted by atomic mass is 10.1. The summed E-state index contributed by atoms with van der Waals surface area (Å²) in [5.74, 6) is -0.716. The molecule has 0 radical (unpaired) electrons. The van der Waals surface area contributed by atoms with Gasteiger partial charge in [-0.2, -0.15) is 0 Å². The summed E-state index contributed by atoms with van der Waals surface area (Å²) in [6.07, 6.45) is 5.18. The van der Waals surface area contributed by atoms with Gasteiger partial charge in [0.25, 0.3) is 0 Å². The number of esters is 1. The molecule has 0 bridgehead atoms. The molecule has 0 aromatic carbocycles. The molecule has 7 heteroatoms. The van der Waals surface area contributed by atoms with E-state index in [-0.39, 0.29) is 12.2 Å². The molecule has 0 unspecified atom stereocenters. The Morgan fingerprint density at radius 3 is 2.75 bits per heavy atom. The van der Waals surface area contributed by atoms with E-state index in [2.05, 4.69) is 20.0 Å². The summed E-state index contributed by atoms with van der Waals surface area (Å²) >= 11 is 0. The van der Waals surface area contributed by atoms with Crippen LogP contribution in [0.2, 0.25) is 0 Å². The molecule has 1 aromatic rings. The summed E-state index contributed by atoms with van der Waals surface area (Å²) in [4.78, 5) is 29.4. The topological polar surface area (TPSA) is 101 Å². The molecule has 0 spiro atoms. The summed E-state index contributed by atoms with van der Waals surface area (Å²) in [6, 6.07) is 1.68. The van der Waals surface area contributed by atoms with Gasteiger partial charge in [-0.05, 0) is 18.9 Å². The number of carboxylic acid groups (broad SMARTS) is 1. The van der Waals surface area contributed by atoms with Crippen LogP contribution < -0.4 is 5.32 Å². The Bertz CT molecular complexity index is 451. The third kappa shape index (κ3) is 6.12. The van der Waals surface area contributed by atoms with Gasteiger partial charge in [0.15, 0.2) is 0 Å². The van der Waals surface area contributed by atoms with Crippen LogP contribution in [0.15, 0.2) is 12.3 Å². The highest BCUT2D eigenvalue weighted by molar-refractivity contribution is 5.85. The Kier molecular flexibility index (Phi) is 7.02. The summed E-state index contributed by atoms with van der Waals surface area (Å²) in [5, 5.41) is 11.6. The van der Waals surface area contributed by atoms with Crippen LogP contribution in [0.1, 0.15) is 42.7 Å². The zero-order chi connectivity index (χ0) is 14.8. The minimum absolute atomic E-state index is 0.0268. The number of carbonyl (C=O) groups excluding carboxylic acids is 1. The number of hydrogen-bond donors (Lipinski definition) is 2. The maximum Gasteiger partial charge on any atom is 0.376 e. The number of anilines is 1. The lowest BCUT2D eigenvalue weighted by molar-refractivity contribution is -0.137. The second-order valence-corrected chi connectivity index (χ2v) is 4.24. The van der Waals surface area contributed by atoms with Crippen LogP contribution in [0.25, 0.3) is 0 Å². The minimum atomic E-state index is -0.751. The van der Waals surface area contributed by atoms with Crippen molar-refractivity contribution < 1.29 is 19.4 Å². The van der Waals surface area contributed by atoms with Crippen molar-refractivity contribution in [2.45, 2.75) is 32.1 Å². The molecule has 0 saturated heterocycles. The van der Waals surface area contributed by atoms with Gasteiger partial charge in [0, 0.05) is 19.2 Å². The first-order chi connectivity index (χ1) is 9.63. The van der Waals surface area contributed by atoms with Gasteiger partial charge in [-0.15, -0.1) is 0 Å². The second kappa shape index (κ2) is 8.84. The number of aromatic nitrogens is 2. The number of carbonyl (C=O) groups is 2. The van der Waals surface area contributed by atoms with Crippen molar-refractivity contribution in [2.24, 2.45) is 0 Å². The minimum Gasteiger partial charge on any atom is -0.481 e. The predicted octanol–water partition coefficient (Wildman–Crippen LogP) is 1.71. The fraction of sp³-hybridized carbons (Fsp3) is 0.538. The molecule has 0 saturated carbocycles. The monoisotopic (exact) mass is 281 g/mol. The second-order valence-electron chi connectivity index (χ2n) is 4.24. The predicted molar refractivity (Wildman–Crippen MR) is 72.6 cm³/mol. The molecule has 0 aliphatic rings. The number of nitrogens with zero attached hydrogens (tertiary/aromatic N) is 2. The van der Waals surface area contributed by atoms with Crippen molar-refractivity contribution >= 4 is 17.8 Å². The molecule has 0 fully saturated rings. The lowest BCUT2D eigenvalue weighted by Crippen LogP contribution is -2.10. The molecule has 2 N–H and O–H groups in total. The normalized spacial score (nSPS) is 10.1. The molecular weight excluding hydrogens is 262 g/mol. The highest BCUT2D eigenvalue weighted by atomic mass is 16.5. The Hall–Kier alpha value is -2.18. The maximum absolute atomic E-state index is 11.2. The highest BCUT2D eigenvalue weighted by Gasteiger charge is 2.08. The van der Waals surface area contributed by atoms with Gasteiger partial charge >= 0.3 is 11.9 Å². The molecule has 110 valence electrons. The maximum atomic E-state index is 11.2. The van der Waals surface area contributed by atoms with Crippen LogP contribution in [0.4, 0.5) is 5.82 Å². The van der Waals surface area contributed by atoms with E-state index in [0.717, 1.165) is 19.3 Å². The van der Waals surface area contributed by atoms with E-state index in [1.807, 2.05) is 0 Å². The quantitative estimate of drug-likeness (QED) is 0.524. The lowest BCUT2D eigenvalue weighted by Gasteiger charge is -2.06. The third-order valence-electron chi connectivity index (χ3n) is 2.65. The van der Waals surface area contributed by atoms with Gasteiger partial charge < -0.3 is 15.2 Å². The number of ether oxygens (including phenoxy) is 1. The first-order valence-electron chi connectivity index (χ1n) is 6.50. The Morgan fingerprint density at radius 1 is 1.30 bits per heavy atom. The zero-order valence-corrected chi connectivity index (χ0v) is 11.5. The fourth-order valence-electron chi connectivity index (χ4n) is 1.62. The molecule has 20 heavy (non-hydrogen) atoms. The third-order valence-corrected chi connectivity index (χ3v) is 2.65. The van der Waals surface area contributed by atoms with Crippen molar-refractivity contribution in [3.05, 3.63) is 18.1 Å². The fourth-order valence-corrected chi connectivity index (χ4v) is 1.62. The molecule has 0 aliphatic heterocycles. The van der Waals surface area contributed by atoms with Crippen LogP contribution >= 0.6 is 0 Å². The number of methoxy groups -OCH3 is 1. The number of unbranched alkanes of at least 4 members (excludes halogenated alkanes) is 3. The summed E-state index contributed by atoms with van der Waals surface area (Å²) in [6.45, 7) is 0.713. The SMILES string of the molecule is COC(=O)c1nccc(NCCCCCCC(=O)O)n1. The van der Waals surface area contributed by atoms with Crippen molar-refractivity contribution in [1.82, 2.24) is 9.97 Å². The van der Waals surface area contributed by atoms with Crippen LogP contribution in [-0.2, 0) is 9.53 Å². The average Bonchev–Trinajstić information content (AvgIpc) is 2.45. The molecule has 0 aliphatic carbocycles. The molecule has 7 nitrogen and oxygen atoms in total. The van der Waals surface area contributed by atoms with Gasteiger partial charge in [0.05, 0.1) is 7.11 Å². The summed E-state index contributed by atoms with van der Waals surface area (Å²) < 4.78 is 4.54. The molecule has 1 heterocycles. The van der Waals surface area contributed by atoms with Crippen LogP contribution in [0, 0.1) is 0 Å². The average molecular weight is 281 g/mol. The number of nitrogens with one attached hydrogen (secondary N) is 1. The van der Waals surface area contributed by atoms with Crippen molar-refractivity contribution in [3.8, 4) is 0 Å².